The van der Waals surface area contributed by atoms with E-state index in [1.807, 2.05) is 0 Å². The molecule has 4 aromatic rings. The first-order valence-corrected chi connectivity index (χ1v) is 10.0. The third-order valence-corrected chi connectivity index (χ3v) is 4.66. The Balaban J connectivity index is 1.60. The molecule has 2 aromatic carbocycles. The number of hydrogen-bond donors (Lipinski definition) is 2. The van der Waals surface area contributed by atoms with Gasteiger partial charge in [0.25, 0.3) is 5.91 Å². The molecule has 0 radical (unpaired) electrons. The molecule has 2 N–H and O–H groups in total. The zero-order valence-corrected chi connectivity index (χ0v) is 18.0. The first-order valence-electron chi connectivity index (χ1n) is 10.0. The monoisotopic (exact) mass is 484 g/mol. The minimum absolute atomic E-state index is 0.0323. The Labute approximate surface area is 196 Å². The Morgan fingerprint density at radius 3 is 2.60 bits per heavy atom. The fourth-order valence-electron chi connectivity index (χ4n) is 2.99. The first kappa shape index (κ1) is 23.5. The molecule has 0 spiro atoms. The van der Waals surface area contributed by atoms with Gasteiger partial charge in [0.1, 0.15) is 6.33 Å². The number of hydrogen-bond acceptors (Lipinski definition) is 7. The van der Waals surface area contributed by atoms with Crippen molar-refractivity contribution in [1.29, 1.82) is 0 Å². The molecule has 8 nitrogen and oxygen atoms in total. The summed E-state index contributed by atoms with van der Waals surface area (Å²) in [5, 5.41) is 5.14. The van der Waals surface area contributed by atoms with Gasteiger partial charge in [0.15, 0.2) is 17.4 Å². The molecule has 178 valence electrons. The Kier molecular flexibility index (Phi) is 6.53. The summed E-state index contributed by atoms with van der Waals surface area (Å²) in [7, 11) is 1.63. The van der Waals surface area contributed by atoms with Crippen molar-refractivity contribution in [3.05, 3.63) is 84.1 Å². The van der Waals surface area contributed by atoms with Crippen LogP contribution in [-0.2, 0) is 6.18 Å². The standard InChI is InChI=1S/C23H16F4N6O2/c1-28-22-31-12-30-19(33-22)16-6-3-9-29-21(16)35-18-10-13(7-8-17(18)24)20(34)32-15-5-2-4-14(11-15)23(25,26)27/h2-12H,1H3,(H,32,34)(H,28,30,31,33). The van der Waals surface area contributed by atoms with Crippen LogP contribution >= 0.6 is 0 Å². The summed E-state index contributed by atoms with van der Waals surface area (Å²) in [4.78, 5) is 29.0. The van der Waals surface area contributed by atoms with Gasteiger partial charge in [-0.05, 0) is 48.5 Å². The Hall–Kier alpha value is -4.61. The van der Waals surface area contributed by atoms with Crippen molar-refractivity contribution < 1.29 is 27.1 Å². The highest BCUT2D eigenvalue weighted by atomic mass is 19.4. The molecule has 0 aliphatic rings. The predicted molar refractivity (Wildman–Crippen MR) is 118 cm³/mol. The molecule has 35 heavy (non-hydrogen) atoms. The largest absolute Gasteiger partial charge is 0.435 e. The van der Waals surface area contributed by atoms with Crippen LogP contribution in [-0.4, -0.2) is 32.9 Å². The average Bonchev–Trinajstić information content (AvgIpc) is 2.85. The van der Waals surface area contributed by atoms with Crippen molar-refractivity contribution in [2.45, 2.75) is 6.18 Å². The topological polar surface area (TPSA) is 102 Å². The number of pyridine rings is 1. The molecule has 0 saturated heterocycles. The van der Waals surface area contributed by atoms with Crippen LogP contribution in [0.2, 0.25) is 0 Å². The number of nitrogens with zero attached hydrogens (tertiary/aromatic N) is 4. The van der Waals surface area contributed by atoms with Crippen LogP contribution in [0.15, 0.2) is 67.1 Å². The second kappa shape index (κ2) is 9.71. The molecule has 0 saturated carbocycles. The van der Waals surface area contributed by atoms with Gasteiger partial charge in [-0.1, -0.05) is 6.07 Å². The number of carbonyl (C=O) groups is 1. The minimum atomic E-state index is -4.56. The number of anilines is 2. The van der Waals surface area contributed by atoms with Crippen molar-refractivity contribution in [1.82, 2.24) is 19.9 Å². The maximum absolute atomic E-state index is 14.5. The fourth-order valence-corrected chi connectivity index (χ4v) is 2.99. The first-order chi connectivity index (χ1) is 16.7. The van der Waals surface area contributed by atoms with Gasteiger partial charge in [0, 0.05) is 24.5 Å². The van der Waals surface area contributed by atoms with E-state index >= 15 is 0 Å². The van der Waals surface area contributed by atoms with Crippen LogP contribution in [0, 0.1) is 5.82 Å². The van der Waals surface area contributed by atoms with Crippen molar-refractivity contribution in [2.24, 2.45) is 0 Å². The molecule has 0 aliphatic heterocycles. The van der Waals surface area contributed by atoms with Crippen LogP contribution < -0.4 is 15.4 Å². The lowest BCUT2D eigenvalue weighted by atomic mass is 10.1. The maximum atomic E-state index is 14.5. The summed E-state index contributed by atoms with van der Waals surface area (Å²) in [6.07, 6.45) is -1.87. The normalized spacial score (nSPS) is 11.1. The average molecular weight is 484 g/mol. The summed E-state index contributed by atoms with van der Waals surface area (Å²) in [6.45, 7) is 0. The second-order valence-corrected chi connectivity index (χ2v) is 7.02. The summed E-state index contributed by atoms with van der Waals surface area (Å²) in [5.41, 5.74) is -0.696. The van der Waals surface area contributed by atoms with Gasteiger partial charge >= 0.3 is 6.18 Å². The highest BCUT2D eigenvalue weighted by molar-refractivity contribution is 6.04. The van der Waals surface area contributed by atoms with Crippen LogP contribution in [0.3, 0.4) is 0 Å². The van der Waals surface area contributed by atoms with Gasteiger partial charge in [-0.2, -0.15) is 18.2 Å². The number of rotatable bonds is 6. The van der Waals surface area contributed by atoms with Gasteiger partial charge in [-0.25, -0.2) is 19.3 Å². The predicted octanol–water partition coefficient (Wildman–Crippen LogP) is 5.18. The summed E-state index contributed by atoms with van der Waals surface area (Å²) >= 11 is 0. The molecular weight excluding hydrogens is 468 g/mol. The summed E-state index contributed by atoms with van der Waals surface area (Å²) < 4.78 is 59.0. The molecule has 0 bridgehead atoms. The van der Waals surface area contributed by atoms with Crippen LogP contribution in [0.25, 0.3) is 11.4 Å². The van der Waals surface area contributed by atoms with E-state index in [4.69, 9.17) is 4.74 Å². The third-order valence-electron chi connectivity index (χ3n) is 4.66. The van der Waals surface area contributed by atoms with E-state index in [0.717, 1.165) is 24.3 Å². The number of amides is 1. The van der Waals surface area contributed by atoms with Gasteiger partial charge in [-0.3, -0.25) is 4.79 Å². The number of ether oxygens (including phenoxy) is 1. The highest BCUT2D eigenvalue weighted by Crippen LogP contribution is 2.32. The summed E-state index contributed by atoms with van der Waals surface area (Å²) in [6, 6.07) is 10.7. The molecule has 2 aromatic heterocycles. The van der Waals surface area contributed by atoms with E-state index < -0.39 is 23.5 Å². The number of alkyl halides is 3. The van der Waals surface area contributed by atoms with Crippen LogP contribution in [0.4, 0.5) is 29.2 Å². The third kappa shape index (κ3) is 5.49. The number of benzene rings is 2. The van der Waals surface area contributed by atoms with Crippen molar-refractivity contribution in [2.75, 3.05) is 17.7 Å². The van der Waals surface area contributed by atoms with Gasteiger partial charge in [0.2, 0.25) is 11.8 Å². The molecular formula is C23H16F4N6O2. The smallest absolute Gasteiger partial charge is 0.416 e. The second-order valence-electron chi connectivity index (χ2n) is 7.02. The zero-order chi connectivity index (χ0) is 25.0. The number of nitrogens with one attached hydrogen (secondary N) is 2. The quantitative estimate of drug-likeness (QED) is 0.364. The van der Waals surface area contributed by atoms with Crippen LogP contribution in [0.1, 0.15) is 15.9 Å². The molecule has 0 fully saturated rings. The lowest BCUT2D eigenvalue weighted by Crippen LogP contribution is -2.13. The summed E-state index contributed by atoms with van der Waals surface area (Å²) in [5.74, 6) is -1.40. The van der Waals surface area contributed by atoms with E-state index in [-0.39, 0.29) is 28.7 Å². The molecule has 1 amide bonds. The Morgan fingerprint density at radius 2 is 1.83 bits per heavy atom. The van der Waals surface area contributed by atoms with Crippen molar-refractivity contribution >= 4 is 17.5 Å². The van der Waals surface area contributed by atoms with Crippen LogP contribution in [0.5, 0.6) is 11.6 Å². The van der Waals surface area contributed by atoms with E-state index in [1.54, 1.807) is 19.2 Å². The molecule has 0 unspecified atom stereocenters. The maximum Gasteiger partial charge on any atom is 0.416 e. The fraction of sp³-hybridized carbons (Fsp3) is 0.0870. The van der Waals surface area contributed by atoms with E-state index in [0.29, 0.717) is 11.5 Å². The number of halogens is 4. The molecule has 2 heterocycles. The Morgan fingerprint density at radius 1 is 1.00 bits per heavy atom. The molecule has 0 aliphatic carbocycles. The molecule has 0 atom stereocenters. The van der Waals surface area contributed by atoms with Gasteiger partial charge in [0.05, 0.1) is 11.1 Å². The SMILES string of the molecule is CNc1ncnc(-c2cccnc2Oc2cc(C(=O)Nc3cccc(C(F)(F)F)c3)ccc2F)n1. The highest BCUT2D eigenvalue weighted by Gasteiger charge is 2.30. The van der Waals surface area contributed by atoms with E-state index in [9.17, 15) is 22.4 Å². The number of carbonyl (C=O) groups excluding carboxylic acids is 1. The van der Waals surface area contributed by atoms with Crippen molar-refractivity contribution in [3.63, 3.8) is 0 Å². The van der Waals surface area contributed by atoms with Gasteiger partial charge < -0.3 is 15.4 Å². The van der Waals surface area contributed by atoms with Crippen molar-refractivity contribution in [3.8, 4) is 23.0 Å². The zero-order valence-electron chi connectivity index (χ0n) is 18.0. The van der Waals surface area contributed by atoms with E-state index in [1.165, 1.54) is 30.7 Å². The lowest BCUT2D eigenvalue weighted by Gasteiger charge is -2.12. The Bertz CT molecular complexity index is 1380. The molecule has 4 rings (SSSR count). The van der Waals surface area contributed by atoms with E-state index in [2.05, 4.69) is 30.6 Å². The number of aromatic nitrogens is 4. The van der Waals surface area contributed by atoms with Gasteiger partial charge in [-0.15, -0.1) is 0 Å². The minimum Gasteiger partial charge on any atom is -0.435 e. The molecule has 12 heteroatoms. The lowest BCUT2D eigenvalue weighted by molar-refractivity contribution is -0.137.